The lowest BCUT2D eigenvalue weighted by molar-refractivity contribution is -0.131. The second-order valence-electron chi connectivity index (χ2n) is 5.64. The summed E-state index contributed by atoms with van der Waals surface area (Å²) in [5.74, 6) is 0.314. The van der Waals surface area contributed by atoms with Gasteiger partial charge in [0.1, 0.15) is 0 Å². The zero-order chi connectivity index (χ0) is 14.2. The van der Waals surface area contributed by atoms with Crippen LogP contribution < -0.4 is 5.73 Å². The van der Waals surface area contributed by atoms with Gasteiger partial charge in [0.2, 0.25) is 5.91 Å². The van der Waals surface area contributed by atoms with Gasteiger partial charge in [0.15, 0.2) is 0 Å². The zero-order valence-corrected chi connectivity index (χ0v) is 12.3. The molecule has 0 unspecified atom stereocenters. The van der Waals surface area contributed by atoms with Crippen LogP contribution in [0.4, 0.5) is 0 Å². The average Bonchev–Trinajstić information content (AvgIpc) is 2.69. The highest BCUT2D eigenvalue weighted by molar-refractivity contribution is 5.76. The van der Waals surface area contributed by atoms with Crippen LogP contribution >= 0.6 is 0 Å². The van der Waals surface area contributed by atoms with Crippen molar-refractivity contribution in [2.45, 2.75) is 51.5 Å². The van der Waals surface area contributed by atoms with E-state index in [0.717, 1.165) is 58.2 Å². The Bertz CT molecular complexity index is 431. The summed E-state index contributed by atoms with van der Waals surface area (Å²) in [7, 11) is 0. The van der Waals surface area contributed by atoms with Crippen LogP contribution in [0.25, 0.3) is 0 Å². The predicted octanol–water partition coefficient (Wildman–Crippen LogP) is 2.87. The fraction of sp³-hybridized carbons (Fsp3) is 0.588. The molecule has 20 heavy (non-hydrogen) atoms. The van der Waals surface area contributed by atoms with Gasteiger partial charge < -0.3 is 10.6 Å². The number of hydrogen-bond acceptors (Lipinski definition) is 2. The SMILES string of the molecule is NCCCCCCC(=O)N1CCCc2ccccc2C1. The van der Waals surface area contributed by atoms with Gasteiger partial charge >= 0.3 is 0 Å². The molecule has 1 aromatic carbocycles. The summed E-state index contributed by atoms with van der Waals surface area (Å²) in [5.41, 5.74) is 8.20. The van der Waals surface area contributed by atoms with Crippen LogP contribution in [-0.2, 0) is 17.8 Å². The number of aryl methyl sites for hydroxylation is 1. The van der Waals surface area contributed by atoms with Gasteiger partial charge in [0.05, 0.1) is 0 Å². The van der Waals surface area contributed by atoms with Gasteiger partial charge in [-0.1, -0.05) is 37.1 Å². The van der Waals surface area contributed by atoms with Crippen molar-refractivity contribution in [3.8, 4) is 0 Å². The van der Waals surface area contributed by atoms with Crippen molar-refractivity contribution in [3.63, 3.8) is 0 Å². The number of unbranched alkanes of at least 4 members (excludes halogenated alkanes) is 3. The maximum Gasteiger partial charge on any atom is 0.222 e. The summed E-state index contributed by atoms with van der Waals surface area (Å²) < 4.78 is 0. The molecule has 0 bridgehead atoms. The monoisotopic (exact) mass is 274 g/mol. The van der Waals surface area contributed by atoms with Crippen LogP contribution in [0.3, 0.4) is 0 Å². The summed E-state index contributed by atoms with van der Waals surface area (Å²) in [4.78, 5) is 14.3. The summed E-state index contributed by atoms with van der Waals surface area (Å²) in [5, 5.41) is 0. The summed E-state index contributed by atoms with van der Waals surface area (Å²) >= 11 is 0. The largest absolute Gasteiger partial charge is 0.338 e. The molecule has 0 atom stereocenters. The Morgan fingerprint density at radius 3 is 2.65 bits per heavy atom. The summed E-state index contributed by atoms with van der Waals surface area (Å²) in [6.07, 6.45) is 7.20. The van der Waals surface area contributed by atoms with Crippen LogP contribution in [0.2, 0.25) is 0 Å². The standard InChI is InChI=1S/C17H26N2O/c18-12-6-2-1-3-11-17(20)19-13-7-10-15-8-4-5-9-16(15)14-19/h4-5,8-9H,1-3,6-7,10-14,18H2. The predicted molar refractivity (Wildman–Crippen MR) is 82.3 cm³/mol. The molecule has 0 fully saturated rings. The Kier molecular flexibility index (Phi) is 6.06. The van der Waals surface area contributed by atoms with Gasteiger partial charge in [-0.15, -0.1) is 0 Å². The van der Waals surface area contributed by atoms with Gasteiger partial charge in [-0.05, 0) is 43.4 Å². The van der Waals surface area contributed by atoms with Crippen molar-refractivity contribution in [1.82, 2.24) is 4.90 Å². The lowest BCUT2D eigenvalue weighted by Gasteiger charge is -2.21. The first-order chi connectivity index (χ1) is 9.81. The van der Waals surface area contributed by atoms with Gasteiger partial charge in [0, 0.05) is 19.5 Å². The second-order valence-corrected chi connectivity index (χ2v) is 5.64. The van der Waals surface area contributed by atoms with Crippen molar-refractivity contribution in [2.24, 2.45) is 5.73 Å². The number of carbonyl (C=O) groups excluding carboxylic acids is 1. The highest BCUT2D eigenvalue weighted by atomic mass is 16.2. The minimum atomic E-state index is 0.314. The minimum absolute atomic E-state index is 0.314. The van der Waals surface area contributed by atoms with E-state index in [1.165, 1.54) is 11.1 Å². The molecule has 3 nitrogen and oxygen atoms in total. The first-order valence-corrected chi connectivity index (χ1v) is 7.86. The highest BCUT2D eigenvalue weighted by Gasteiger charge is 2.17. The molecule has 0 aromatic heterocycles. The zero-order valence-electron chi connectivity index (χ0n) is 12.3. The smallest absolute Gasteiger partial charge is 0.222 e. The highest BCUT2D eigenvalue weighted by Crippen LogP contribution is 2.19. The Balaban J connectivity index is 1.82. The molecule has 2 N–H and O–H groups in total. The van der Waals surface area contributed by atoms with Crippen molar-refractivity contribution < 1.29 is 4.79 Å². The third-order valence-electron chi connectivity index (χ3n) is 4.05. The Hall–Kier alpha value is -1.35. The molecule has 110 valence electrons. The summed E-state index contributed by atoms with van der Waals surface area (Å²) in [6, 6.07) is 8.51. The normalized spacial score (nSPS) is 14.8. The fourth-order valence-corrected chi connectivity index (χ4v) is 2.85. The van der Waals surface area contributed by atoms with Crippen molar-refractivity contribution in [3.05, 3.63) is 35.4 Å². The van der Waals surface area contributed by atoms with E-state index in [1.54, 1.807) is 0 Å². The third-order valence-corrected chi connectivity index (χ3v) is 4.05. The van der Waals surface area contributed by atoms with E-state index in [2.05, 4.69) is 24.3 Å². The number of amides is 1. The minimum Gasteiger partial charge on any atom is -0.338 e. The number of benzene rings is 1. The van der Waals surface area contributed by atoms with E-state index < -0.39 is 0 Å². The molecular weight excluding hydrogens is 248 g/mol. The van der Waals surface area contributed by atoms with E-state index in [4.69, 9.17) is 5.73 Å². The molecule has 3 heteroatoms. The third kappa shape index (κ3) is 4.34. The average molecular weight is 274 g/mol. The Morgan fingerprint density at radius 2 is 1.85 bits per heavy atom. The number of nitrogens with two attached hydrogens (primary N) is 1. The topological polar surface area (TPSA) is 46.3 Å². The molecule has 1 aliphatic rings. The quantitative estimate of drug-likeness (QED) is 0.811. The lowest BCUT2D eigenvalue weighted by atomic mass is 10.0. The number of carbonyl (C=O) groups is 1. The molecule has 0 saturated carbocycles. The molecule has 2 rings (SSSR count). The molecule has 1 amide bonds. The summed E-state index contributed by atoms with van der Waals surface area (Å²) in [6.45, 7) is 2.45. The number of nitrogens with zero attached hydrogens (tertiary/aromatic N) is 1. The van der Waals surface area contributed by atoms with E-state index in [1.807, 2.05) is 4.90 Å². The maximum atomic E-state index is 12.3. The van der Waals surface area contributed by atoms with Crippen molar-refractivity contribution in [1.29, 1.82) is 0 Å². The maximum absolute atomic E-state index is 12.3. The molecule has 1 aromatic rings. The first kappa shape index (κ1) is 15.0. The van der Waals surface area contributed by atoms with Crippen LogP contribution in [0.1, 0.15) is 49.7 Å². The van der Waals surface area contributed by atoms with Crippen LogP contribution in [0.5, 0.6) is 0 Å². The first-order valence-electron chi connectivity index (χ1n) is 7.86. The second kappa shape index (κ2) is 8.05. The molecule has 0 saturated heterocycles. The Morgan fingerprint density at radius 1 is 1.10 bits per heavy atom. The molecule has 0 spiro atoms. The van der Waals surface area contributed by atoms with E-state index in [9.17, 15) is 4.79 Å². The van der Waals surface area contributed by atoms with Gasteiger partial charge in [0.25, 0.3) is 0 Å². The number of hydrogen-bond donors (Lipinski definition) is 1. The molecule has 1 heterocycles. The van der Waals surface area contributed by atoms with Crippen LogP contribution in [0, 0.1) is 0 Å². The van der Waals surface area contributed by atoms with Crippen LogP contribution in [-0.4, -0.2) is 23.9 Å². The van der Waals surface area contributed by atoms with Gasteiger partial charge in [-0.3, -0.25) is 4.79 Å². The van der Waals surface area contributed by atoms with Gasteiger partial charge in [-0.25, -0.2) is 0 Å². The number of fused-ring (bicyclic) bond motifs is 1. The molecular formula is C17H26N2O. The molecule has 0 radical (unpaired) electrons. The van der Waals surface area contributed by atoms with E-state index in [0.29, 0.717) is 12.3 Å². The molecule has 1 aliphatic heterocycles. The van der Waals surface area contributed by atoms with Gasteiger partial charge in [-0.2, -0.15) is 0 Å². The molecule has 0 aliphatic carbocycles. The van der Waals surface area contributed by atoms with E-state index >= 15 is 0 Å². The Labute approximate surface area is 122 Å². The van der Waals surface area contributed by atoms with Crippen molar-refractivity contribution in [2.75, 3.05) is 13.1 Å². The fourth-order valence-electron chi connectivity index (χ4n) is 2.85. The number of rotatable bonds is 6. The van der Waals surface area contributed by atoms with Crippen LogP contribution in [0.15, 0.2) is 24.3 Å². The van der Waals surface area contributed by atoms with E-state index in [-0.39, 0.29) is 0 Å². The lowest BCUT2D eigenvalue weighted by Crippen LogP contribution is -2.30. The van der Waals surface area contributed by atoms with Crippen molar-refractivity contribution >= 4 is 5.91 Å².